The summed E-state index contributed by atoms with van der Waals surface area (Å²) >= 11 is 0. The van der Waals surface area contributed by atoms with E-state index in [2.05, 4.69) is 16.0 Å². The maximum absolute atomic E-state index is 5.33. The van der Waals surface area contributed by atoms with Crippen LogP contribution in [0.25, 0.3) is 0 Å². The summed E-state index contributed by atoms with van der Waals surface area (Å²) in [4.78, 5) is 10.5. The number of nitrogens with zero attached hydrogens (tertiary/aromatic N) is 3. The molecule has 0 atom stereocenters. The molecule has 4 heteroatoms. The minimum atomic E-state index is 0.743. The first-order valence-corrected chi connectivity index (χ1v) is 5.91. The molecule has 18 heavy (non-hydrogen) atoms. The minimum absolute atomic E-state index is 0.743. The molecule has 0 aliphatic heterocycles. The number of likely N-dealkylation sites (N-methyl/N-ethyl adjacent to an activating group) is 1. The molecule has 0 aliphatic rings. The predicted octanol–water partition coefficient (Wildman–Crippen LogP) is 2.16. The molecule has 94 valence electrons. The number of anilines is 1. The van der Waals surface area contributed by atoms with Gasteiger partial charge in [-0.1, -0.05) is 18.2 Å². The van der Waals surface area contributed by atoms with Crippen LogP contribution < -0.4 is 9.64 Å². The fraction of sp³-hybridized carbons (Fsp3) is 0.286. The lowest BCUT2D eigenvalue weighted by atomic mass is 10.1. The highest BCUT2D eigenvalue weighted by Crippen LogP contribution is 2.18. The summed E-state index contributed by atoms with van der Waals surface area (Å²) in [7, 11) is 3.69. The molecule has 1 aromatic carbocycles. The SMILES string of the molecule is COc1ccccc1CCN(C)c1ncccn1. The quantitative estimate of drug-likeness (QED) is 0.806. The molecule has 1 aromatic heterocycles. The highest BCUT2D eigenvalue weighted by Gasteiger charge is 2.06. The van der Waals surface area contributed by atoms with Crippen molar-refractivity contribution in [1.29, 1.82) is 0 Å². The molecular weight excluding hydrogens is 226 g/mol. The first-order valence-electron chi connectivity index (χ1n) is 5.91. The Morgan fingerprint density at radius 3 is 2.56 bits per heavy atom. The molecular formula is C14H17N3O. The number of para-hydroxylation sites is 1. The molecule has 0 unspecified atom stereocenters. The van der Waals surface area contributed by atoms with Gasteiger partial charge in [-0.3, -0.25) is 0 Å². The van der Waals surface area contributed by atoms with E-state index in [1.807, 2.05) is 36.2 Å². The second kappa shape index (κ2) is 6.00. The van der Waals surface area contributed by atoms with Gasteiger partial charge in [0.05, 0.1) is 7.11 Å². The van der Waals surface area contributed by atoms with Crippen molar-refractivity contribution in [3.05, 3.63) is 48.3 Å². The molecule has 4 nitrogen and oxygen atoms in total. The monoisotopic (exact) mass is 243 g/mol. The molecule has 0 radical (unpaired) electrons. The van der Waals surface area contributed by atoms with Gasteiger partial charge in [-0.2, -0.15) is 0 Å². The van der Waals surface area contributed by atoms with Crippen molar-refractivity contribution in [2.45, 2.75) is 6.42 Å². The highest BCUT2D eigenvalue weighted by molar-refractivity contribution is 5.35. The van der Waals surface area contributed by atoms with Crippen LogP contribution in [0, 0.1) is 0 Å². The van der Waals surface area contributed by atoms with Crippen LogP contribution in [0.15, 0.2) is 42.7 Å². The molecule has 1 heterocycles. The summed E-state index contributed by atoms with van der Waals surface area (Å²) < 4.78 is 5.33. The van der Waals surface area contributed by atoms with Gasteiger partial charge in [0, 0.05) is 26.0 Å². The number of benzene rings is 1. The van der Waals surface area contributed by atoms with Crippen molar-refractivity contribution in [3.63, 3.8) is 0 Å². The Morgan fingerprint density at radius 1 is 1.11 bits per heavy atom. The van der Waals surface area contributed by atoms with E-state index in [0.717, 1.165) is 24.7 Å². The number of aromatic nitrogens is 2. The van der Waals surface area contributed by atoms with Gasteiger partial charge in [0.1, 0.15) is 5.75 Å². The Morgan fingerprint density at radius 2 is 1.83 bits per heavy atom. The number of methoxy groups -OCH3 is 1. The Labute approximate surface area is 107 Å². The Bertz CT molecular complexity index is 487. The van der Waals surface area contributed by atoms with Crippen molar-refractivity contribution in [1.82, 2.24) is 9.97 Å². The van der Waals surface area contributed by atoms with Gasteiger partial charge in [-0.25, -0.2) is 9.97 Å². The zero-order valence-electron chi connectivity index (χ0n) is 10.7. The summed E-state index contributed by atoms with van der Waals surface area (Å²) in [5.41, 5.74) is 1.20. The summed E-state index contributed by atoms with van der Waals surface area (Å²) in [5.74, 6) is 1.67. The third kappa shape index (κ3) is 2.97. The number of ether oxygens (including phenoxy) is 1. The van der Waals surface area contributed by atoms with Crippen LogP contribution in [0.3, 0.4) is 0 Å². The third-order valence-corrected chi connectivity index (χ3v) is 2.80. The lowest BCUT2D eigenvalue weighted by Gasteiger charge is -2.17. The van der Waals surface area contributed by atoms with Gasteiger partial charge in [-0.05, 0) is 24.1 Å². The standard InChI is InChI=1S/C14H17N3O/c1-17(14-15-9-5-10-16-14)11-8-12-6-3-4-7-13(12)18-2/h3-7,9-10H,8,11H2,1-2H3. The molecule has 2 rings (SSSR count). The zero-order valence-corrected chi connectivity index (χ0v) is 10.7. The number of hydrogen-bond donors (Lipinski definition) is 0. The molecule has 0 spiro atoms. The molecule has 0 saturated heterocycles. The van der Waals surface area contributed by atoms with Gasteiger partial charge in [-0.15, -0.1) is 0 Å². The average Bonchev–Trinajstić information content (AvgIpc) is 2.46. The summed E-state index contributed by atoms with van der Waals surface area (Å²) in [6, 6.07) is 9.88. The number of rotatable bonds is 5. The first kappa shape index (κ1) is 12.4. The largest absolute Gasteiger partial charge is 0.496 e. The first-order chi connectivity index (χ1) is 8.81. The van der Waals surface area contributed by atoms with E-state index in [0.29, 0.717) is 0 Å². The zero-order chi connectivity index (χ0) is 12.8. The van der Waals surface area contributed by atoms with E-state index in [1.54, 1.807) is 19.5 Å². The molecule has 0 fully saturated rings. The van der Waals surface area contributed by atoms with Crippen LogP contribution >= 0.6 is 0 Å². The van der Waals surface area contributed by atoms with Crippen LogP contribution in [-0.2, 0) is 6.42 Å². The van der Waals surface area contributed by atoms with Crippen molar-refractivity contribution in [2.24, 2.45) is 0 Å². The van der Waals surface area contributed by atoms with E-state index in [1.165, 1.54) is 5.56 Å². The Balaban J connectivity index is 1.99. The molecule has 0 amide bonds. The van der Waals surface area contributed by atoms with Gasteiger partial charge in [0.15, 0.2) is 0 Å². The van der Waals surface area contributed by atoms with Crippen molar-refractivity contribution < 1.29 is 4.74 Å². The molecule has 0 bridgehead atoms. The van der Waals surface area contributed by atoms with Gasteiger partial charge in [0.2, 0.25) is 5.95 Å². The maximum Gasteiger partial charge on any atom is 0.224 e. The Kier molecular flexibility index (Phi) is 4.12. The molecule has 2 aromatic rings. The molecule has 0 N–H and O–H groups in total. The maximum atomic E-state index is 5.33. The molecule has 0 aliphatic carbocycles. The highest BCUT2D eigenvalue weighted by atomic mass is 16.5. The summed E-state index contributed by atoms with van der Waals surface area (Å²) in [6.07, 6.45) is 4.41. The van der Waals surface area contributed by atoms with Crippen molar-refractivity contribution in [3.8, 4) is 5.75 Å². The van der Waals surface area contributed by atoms with Crippen LogP contribution in [0.2, 0.25) is 0 Å². The lowest BCUT2D eigenvalue weighted by Crippen LogP contribution is -2.22. The fourth-order valence-corrected chi connectivity index (χ4v) is 1.79. The normalized spacial score (nSPS) is 10.1. The smallest absolute Gasteiger partial charge is 0.224 e. The predicted molar refractivity (Wildman–Crippen MR) is 72.0 cm³/mol. The average molecular weight is 243 g/mol. The van der Waals surface area contributed by atoms with E-state index in [4.69, 9.17) is 4.74 Å². The van der Waals surface area contributed by atoms with E-state index < -0.39 is 0 Å². The minimum Gasteiger partial charge on any atom is -0.496 e. The summed E-state index contributed by atoms with van der Waals surface area (Å²) in [5, 5.41) is 0. The van der Waals surface area contributed by atoms with Gasteiger partial charge in [0.25, 0.3) is 0 Å². The molecule has 0 saturated carbocycles. The topological polar surface area (TPSA) is 38.2 Å². The Hall–Kier alpha value is -2.10. The van der Waals surface area contributed by atoms with E-state index in [9.17, 15) is 0 Å². The van der Waals surface area contributed by atoms with Gasteiger partial charge >= 0.3 is 0 Å². The van der Waals surface area contributed by atoms with E-state index >= 15 is 0 Å². The van der Waals surface area contributed by atoms with Crippen LogP contribution in [0.4, 0.5) is 5.95 Å². The van der Waals surface area contributed by atoms with Gasteiger partial charge < -0.3 is 9.64 Å². The second-order valence-corrected chi connectivity index (χ2v) is 4.03. The summed E-state index contributed by atoms with van der Waals surface area (Å²) in [6.45, 7) is 0.852. The van der Waals surface area contributed by atoms with Crippen LogP contribution in [0.5, 0.6) is 5.75 Å². The van der Waals surface area contributed by atoms with E-state index in [-0.39, 0.29) is 0 Å². The third-order valence-electron chi connectivity index (χ3n) is 2.80. The van der Waals surface area contributed by atoms with Crippen LogP contribution in [0.1, 0.15) is 5.56 Å². The number of hydrogen-bond acceptors (Lipinski definition) is 4. The second-order valence-electron chi connectivity index (χ2n) is 4.03. The van der Waals surface area contributed by atoms with Crippen LogP contribution in [-0.4, -0.2) is 30.7 Å². The lowest BCUT2D eigenvalue weighted by molar-refractivity contribution is 0.409. The van der Waals surface area contributed by atoms with Crippen molar-refractivity contribution >= 4 is 5.95 Å². The fourth-order valence-electron chi connectivity index (χ4n) is 1.79. The van der Waals surface area contributed by atoms with Crippen molar-refractivity contribution in [2.75, 3.05) is 25.6 Å².